The lowest BCUT2D eigenvalue weighted by molar-refractivity contribution is 0.0599. The SMILES string of the molecule is COC(=O)c1ccc(N2CCN(C(=O)c3ccc[nH]3)[C@H](C)C2)cc1. The second-order valence-corrected chi connectivity index (χ2v) is 5.92. The summed E-state index contributed by atoms with van der Waals surface area (Å²) >= 11 is 0. The zero-order valence-corrected chi connectivity index (χ0v) is 13.9. The van der Waals surface area contributed by atoms with Gasteiger partial charge in [-0.05, 0) is 43.3 Å². The maximum absolute atomic E-state index is 12.5. The maximum atomic E-state index is 12.5. The highest BCUT2D eigenvalue weighted by Crippen LogP contribution is 2.21. The van der Waals surface area contributed by atoms with E-state index in [1.165, 1.54) is 7.11 Å². The third-order valence-corrected chi connectivity index (χ3v) is 4.37. The van der Waals surface area contributed by atoms with Gasteiger partial charge in [-0.3, -0.25) is 4.79 Å². The lowest BCUT2D eigenvalue weighted by Gasteiger charge is -2.40. The highest BCUT2D eigenvalue weighted by Gasteiger charge is 2.28. The largest absolute Gasteiger partial charge is 0.465 e. The zero-order chi connectivity index (χ0) is 17.1. The van der Waals surface area contributed by atoms with Crippen molar-refractivity contribution in [2.45, 2.75) is 13.0 Å². The van der Waals surface area contributed by atoms with E-state index in [1.54, 1.807) is 24.4 Å². The van der Waals surface area contributed by atoms with E-state index in [0.717, 1.165) is 18.8 Å². The minimum Gasteiger partial charge on any atom is -0.465 e. The van der Waals surface area contributed by atoms with Gasteiger partial charge in [-0.1, -0.05) is 0 Å². The molecule has 1 aliphatic heterocycles. The first-order valence-electron chi connectivity index (χ1n) is 7.98. The molecule has 6 heteroatoms. The minimum atomic E-state index is -0.337. The molecule has 0 saturated carbocycles. The van der Waals surface area contributed by atoms with E-state index in [0.29, 0.717) is 17.8 Å². The van der Waals surface area contributed by atoms with Crippen molar-refractivity contribution in [2.24, 2.45) is 0 Å². The van der Waals surface area contributed by atoms with E-state index >= 15 is 0 Å². The Morgan fingerprint density at radius 3 is 2.50 bits per heavy atom. The van der Waals surface area contributed by atoms with Crippen LogP contribution in [0.4, 0.5) is 5.69 Å². The Kier molecular flexibility index (Phi) is 4.55. The summed E-state index contributed by atoms with van der Waals surface area (Å²) in [5, 5.41) is 0. The van der Waals surface area contributed by atoms with Crippen molar-refractivity contribution in [3.63, 3.8) is 0 Å². The van der Waals surface area contributed by atoms with Crippen LogP contribution < -0.4 is 4.90 Å². The molecule has 0 bridgehead atoms. The summed E-state index contributed by atoms with van der Waals surface area (Å²) in [6, 6.07) is 11.1. The minimum absolute atomic E-state index is 0.0354. The Morgan fingerprint density at radius 1 is 1.17 bits per heavy atom. The van der Waals surface area contributed by atoms with E-state index in [1.807, 2.05) is 23.1 Å². The number of esters is 1. The molecule has 1 saturated heterocycles. The molecule has 3 rings (SSSR count). The van der Waals surface area contributed by atoms with Crippen LogP contribution in [0, 0.1) is 0 Å². The van der Waals surface area contributed by atoms with Crippen LogP contribution >= 0.6 is 0 Å². The van der Waals surface area contributed by atoms with Gasteiger partial charge in [0.1, 0.15) is 5.69 Å². The van der Waals surface area contributed by atoms with Crippen LogP contribution in [0.25, 0.3) is 0 Å². The fraction of sp³-hybridized carbons (Fsp3) is 0.333. The van der Waals surface area contributed by atoms with Crippen molar-refractivity contribution < 1.29 is 14.3 Å². The van der Waals surface area contributed by atoms with E-state index in [-0.39, 0.29) is 17.9 Å². The normalized spacial score (nSPS) is 17.7. The van der Waals surface area contributed by atoms with Crippen LogP contribution in [0.3, 0.4) is 0 Å². The number of rotatable bonds is 3. The number of piperazine rings is 1. The summed E-state index contributed by atoms with van der Waals surface area (Å²) in [6.45, 7) is 4.23. The highest BCUT2D eigenvalue weighted by atomic mass is 16.5. The van der Waals surface area contributed by atoms with Gasteiger partial charge in [-0.15, -0.1) is 0 Å². The molecule has 1 atom stereocenters. The number of amides is 1. The lowest BCUT2D eigenvalue weighted by atomic mass is 10.1. The Morgan fingerprint density at radius 2 is 1.92 bits per heavy atom. The number of carbonyl (C=O) groups excluding carboxylic acids is 2. The van der Waals surface area contributed by atoms with Crippen LogP contribution in [-0.4, -0.2) is 54.5 Å². The highest BCUT2D eigenvalue weighted by molar-refractivity contribution is 5.93. The fourth-order valence-corrected chi connectivity index (χ4v) is 3.04. The van der Waals surface area contributed by atoms with Crippen LogP contribution in [0.5, 0.6) is 0 Å². The summed E-state index contributed by atoms with van der Waals surface area (Å²) in [5.41, 5.74) is 2.20. The number of hydrogen-bond acceptors (Lipinski definition) is 4. The van der Waals surface area contributed by atoms with E-state index in [4.69, 9.17) is 4.74 Å². The molecule has 0 spiro atoms. The van der Waals surface area contributed by atoms with Gasteiger partial charge >= 0.3 is 5.97 Å². The molecule has 1 fully saturated rings. The topological polar surface area (TPSA) is 65.6 Å². The predicted molar refractivity (Wildman–Crippen MR) is 91.3 cm³/mol. The number of ether oxygens (including phenoxy) is 1. The van der Waals surface area contributed by atoms with Gasteiger partial charge in [-0.2, -0.15) is 0 Å². The average molecular weight is 327 g/mol. The molecule has 126 valence electrons. The second-order valence-electron chi connectivity index (χ2n) is 5.92. The molecular weight excluding hydrogens is 306 g/mol. The van der Waals surface area contributed by atoms with Crippen molar-refractivity contribution in [1.29, 1.82) is 0 Å². The first-order chi connectivity index (χ1) is 11.6. The van der Waals surface area contributed by atoms with Crippen molar-refractivity contribution in [2.75, 3.05) is 31.6 Å². The number of aromatic amines is 1. The number of methoxy groups -OCH3 is 1. The van der Waals surface area contributed by atoms with Crippen molar-refractivity contribution >= 4 is 17.6 Å². The van der Waals surface area contributed by atoms with Gasteiger partial charge in [0, 0.05) is 37.6 Å². The summed E-state index contributed by atoms with van der Waals surface area (Å²) in [7, 11) is 1.37. The molecule has 1 amide bonds. The smallest absolute Gasteiger partial charge is 0.337 e. The van der Waals surface area contributed by atoms with Crippen molar-refractivity contribution in [3.05, 3.63) is 53.9 Å². The standard InChI is InChI=1S/C18H21N3O3/c1-13-12-20(15-7-5-14(6-8-15)18(23)24-2)10-11-21(13)17(22)16-4-3-9-19-16/h3-9,13,19H,10-12H2,1-2H3/t13-/m1/s1. The first-order valence-corrected chi connectivity index (χ1v) is 7.98. The third kappa shape index (κ3) is 3.13. The van der Waals surface area contributed by atoms with Gasteiger partial charge in [0.15, 0.2) is 0 Å². The molecular formula is C18H21N3O3. The Labute approximate surface area is 141 Å². The summed E-state index contributed by atoms with van der Waals surface area (Å²) < 4.78 is 4.71. The quantitative estimate of drug-likeness (QED) is 0.877. The Balaban J connectivity index is 1.67. The average Bonchev–Trinajstić information content (AvgIpc) is 3.15. The van der Waals surface area contributed by atoms with Gasteiger partial charge in [0.2, 0.25) is 0 Å². The van der Waals surface area contributed by atoms with Crippen LogP contribution in [0.1, 0.15) is 27.8 Å². The molecule has 1 aromatic carbocycles. The second kappa shape index (κ2) is 6.78. The van der Waals surface area contributed by atoms with Gasteiger partial charge in [0.25, 0.3) is 5.91 Å². The molecule has 6 nitrogen and oxygen atoms in total. The zero-order valence-electron chi connectivity index (χ0n) is 13.9. The van der Waals surface area contributed by atoms with Gasteiger partial charge in [-0.25, -0.2) is 4.79 Å². The summed E-state index contributed by atoms with van der Waals surface area (Å²) in [5.74, 6) is -0.301. The first kappa shape index (κ1) is 16.1. The molecule has 2 aromatic rings. The van der Waals surface area contributed by atoms with Gasteiger partial charge < -0.3 is 19.5 Å². The third-order valence-electron chi connectivity index (χ3n) is 4.37. The van der Waals surface area contributed by atoms with E-state index in [9.17, 15) is 9.59 Å². The molecule has 0 unspecified atom stereocenters. The summed E-state index contributed by atoms with van der Waals surface area (Å²) in [4.78, 5) is 31.1. The van der Waals surface area contributed by atoms with Crippen molar-refractivity contribution in [1.82, 2.24) is 9.88 Å². The number of nitrogens with one attached hydrogen (secondary N) is 1. The molecule has 0 aliphatic carbocycles. The molecule has 1 aromatic heterocycles. The van der Waals surface area contributed by atoms with Crippen LogP contribution in [-0.2, 0) is 4.74 Å². The Hall–Kier alpha value is -2.76. The van der Waals surface area contributed by atoms with Gasteiger partial charge in [0.05, 0.1) is 12.7 Å². The molecule has 0 radical (unpaired) electrons. The number of benzene rings is 1. The number of hydrogen-bond donors (Lipinski definition) is 1. The van der Waals surface area contributed by atoms with Crippen LogP contribution in [0.2, 0.25) is 0 Å². The number of aromatic nitrogens is 1. The lowest BCUT2D eigenvalue weighted by Crippen LogP contribution is -2.54. The van der Waals surface area contributed by atoms with E-state index in [2.05, 4.69) is 16.8 Å². The van der Waals surface area contributed by atoms with Crippen LogP contribution in [0.15, 0.2) is 42.6 Å². The summed E-state index contributed by atoms with van der Waals surface area (Å²) in [6.07, 6.45) is 1.76. The fourth-order valence-electron chi connectivity index (χ4n) is 3.04. The molecule has 1 N–H and O–H groups in total. The van der Waals surface area contributed by atoms with Crippen molar-refractivity contribution in [3.8, 4) is 0 Å². The van der Waals surface area contributed by atoms with E-state index < -0.39 is 0 Å². The monoisotopic (exact) mass is 327 g/mol. The predicted octanol–water partition coefficient (Wildman–Crippen LogP) is 2.15. The number of H-pyrrole nitrogens is 1. The number of anilines is 1. The Bertz CT molecular complexity index is 710. The molecule has 24 heavy (non-hydrogen) atoms. The molecule has 1 aliphatic rings. The maximum Gasteiger partial charge on any atom is 0.337 e. The molecule has 2 heterocycles. The number of carbonyl (C=O) groups is 2. The number of nitrogens with zero attached hydrogens (tertiary/aromatic N) is 2.